The Morgan fingerprint density at radius 2 is 2.25 bits per heavy atom. The lowest BCUT2D eigenvalue weighted by Gasteiger charge is -2.44. The summed E-state index contributed by atoms with van der Waals surface area (Å²) >= 11 is 0. The van der Waals surface area contributed by atoms with Crippen LogP contribution in [0.1, 0.15) is 48.8 Å². The van der Waals surface area contributed by atoms with Crippen molar-refractivity contribution in [3.05, 3.63) is 65.8 Å². The number of nitrogens with zero attached hydrogens (tertiary/aromatic N) is 3. The number of allylic oxidation sites excluding steroid dienone is 2. The predicted octanol–water partition coefficient (Wildman–Crippen LogP) is 3.18. The molecule has 4 rings (SSSR count). The average molecular weight is 432 g/mol. The van der Waals surface area contributed by atoms with E-state index in [1.807, 2.05) is 30.3 Å². The van der Waals surface area contributed by atoms with Gasteiger partial charge in [0.15, 0.2) is 11.9 Å². The zero-order chi connectivity index (χ0) is 22.6. The number of carbonyl (C=O) groups is 1. The number of nitrogens with two attached hydrogens (primary N) is 1. The maximum Gasteiger partial charge on any atom is 0.272 e. The Labute approximate surface area is 188 Å². The predicted molar refractivity (Wildman–Crippen MR) is 124 cm³/mol. The molecular weight excluding hydrogens is 402 g/mol. The van der Waals surface area contributed by atoms with Gasteiger partial charge < -0.3 is 21.3 Å². The van der Waals surface area contributed by atoms with Gasteiger partial charge in [0.2, 0.25) is 0 Å². The Bertz CT molecular complexity index is 1070. The summed E-state index contributed by atoms with van der Waals surface area (Å²) in [5.41, 5.74) is 9.20. The fraction of sp³-hybridized carbons (Fsp3) is 0.375. The molecule has 8 heteroatoms. The number of H-pyrrole nitrogens is 1. The Kier molecular flexibility index (Phi) is 6.17. The third-order valence-corrected chi connectivity index (χ3v) is 6.39. The molecule has 5 N–H and O–H groups in total. The molecule has 1 aliphatic carbocycles. The number of rotatable bonds is 8. The molecule has 32 heavy (non-hydrogen) atoms. The van der Waals surface area contributed by atoms with Crippen LogP contribution in [-0.4, -0.2) is 39.6 Å². The highest BCUT2D eigenvalue weighted by Gasteiger charge is 2.54. The van der Waals surface area contributed by atoms with Gasteiger partial charge in [0.05, 0.1) is 17.8 Å². The Hall–Kier alpha value is -3.73. The highest BCUT2D eigenvalue weighted by atomic mass is 16.2. The van der Waals surface area contributed by atoms with Crippen molar-refractivity contribution in [3.8, 4) is 6.19 Å². The SMILES string of the molecule is CCC/C=C(Nc1ccccc1)\C(=C/N)c1cc(C(=O)N[C@]23CCC2CN(C#N)C3)n[nH]1. The first-order chi connectivity index (χ1) is 15.6. The molecule has 1 amide bonds. The molecule has 1 aliphatic heterocycles. The van der Waals surface area contributed by atoms with Crippen molar-refractivity contribution in [2.75, 3.05) is 18.4 Å². The van der Waals surface area contributed by atoms with E-state index >= 15 is 0 Å². The summed E-state index contributed by atoms with van der Waals surface area (Å²) in [4.78, 5) is 14.7. The van der Waals surface area contributed by atoms with Crippen LogP contribution in [0, 0.1) is 17.4 Å². The molecule has 2 aliphatic rings. The molecule has 0 spiro atoms. The van der Waals surface area contributed by atoms with Gasteiger partial charge in [0.25, 0.3) is 5.91 Å². The van der Waals surface area contributed by atoms with Crippen molar-refractivity contribution in [1.29, 1.82) is 5.26 Å². The molecule has 1 saturated heterocycles. The number of fused-ring (bicyclic) bond motifs is 1. The summed E-state index contributed by atoms with van der Waals surface area (Å²) < 4.78 is 0. The molecule has 8 nitrogen and oxygen atoms in total. The Morgan fingerprint density at radius 3 is 2.91 bits per heavy atom. The summed E-state index contributed by atoms with van der Waals surface area (Å²) in [6.45, 7) is 3.39. The molecule has 2 aromatic rings. The van der Waals surface area contributed by atoms with Crippen LogP contribution in [-0.2, 0) is 0 Å². The molecule has 2 atom stereocenters. The van der Waals surface area contributed by atoms with Gasteiger partial charge in [-0.1, -0.05) is 37.6 Å². The average Bonchev–Trinajstić information content (AvgIpc) is 3.37. The van der Waals surface area contributed by atoms with Crippen molar-refractivity contribution < 1.29 is 4.79 Å². The van der Waals surface area contributed by atoms with Crippen LogP contribution in [0.15, 0.2) is 54.4 Å². The van der Waals surface area contributed by atoms with E-state index < -0.39 is 0 Å². The Morgan fingerprint density at radius 1 is 1.44 bits per heavy atom. The maximum atomic E-state index is 13.0. The Balaban J connectivity index is 1.51. The summed E-state index contributed by atoms with van der Waals surface area (Å²) in [5.74, 6) is 0.0890. The third-order valence-electron chi connectivity index (χ3n) is 6.39. The smallest absolute Gasteiger partial charge is 0.272 e. The number of hydrogen-bond donors (Lipinski definition) is 4. The maximum absolute atomic E-state index is 13.0. The van der Waals surface area contributed by atoms with Crippen LogP contribution in [0.3, 0.4) is 0 Å². The lowest BCUT2D eigenvalue weighted by Crippen LogP contribution is -2.60. The lowest BCUT2D eigenvalue weighted by molar-refractivity contribution is 0.0757. The van der Waals surface area contributed by atoms with Crippen LogP contribution < -0.4 is 16.4 Å². The van der Waals surface area contributed by atoms with Crippen LogP contribution >= 0.6 is 0 Å². The number of nitrogens with one attached hydrogen (secondary N) is 3. The molecule has 2 fully saturated rings. The van der Waals surface area contributed by atoms with E-state index in [0.717, 1.165) is 42.6 Å². The van der Waals surface area contributed by atoms with Gasteiger partial charge in [-0.3, -0.25) is 9.89 Å². The van der Waals surface area contributed by atoms with Gasteiger partial charge in [0, 0.05) is 35.6 Å². The topological polar surface area (TPSA) is 123 Å². The van der Waals surface area contributed by atoms with Gasteiger partial charge >= 0.3 is 0 Å². The second kappa shape index (κ2) is 9.18. The van der Waals surface area contributed by atoms with E-state index in [0.29, 0.717) is 30.4 Å². The third kappa shape index (κ3) is 4.19. The quantitative estimate of drug-likeness (QED) is 0.376. The van der Waals surface area contributed by atoms with Crippen molar-refractivity contribution in [3.63, 3.8) is 0 Å². The summed E-state index contributed by atoms with van der Waals surface area (Å²) in [6.07, 6.45) is 9.62. The van der Waals surface area contributed by atoms with E-state index in [-0.39, 0.29) is 11.4 Å². The molecule has 1 aromatic heterocycles. The standard InChI is InChI=1S/C24H29N7O/c1-2-3-9-20(27-18-7-5-4-6-8-18)19(13-25)21-12-22(30-29-21)23(32)28-24-11-10-17(24)14-31(15-24)16-26/h4-9,12-13,17,27H,2-3,10-11,14-15,25H2,1H3,(H,28,32)(H,29,30)/b19-13+,20-9+/t17?,24-/m0/s1. The van der Waals surface area contributed by atoms with Gasteiger partial charge in [0.1, 0.15) is 0 Å². The molecule has 166 valence electrons. The van der Waals surface area contributed by atoms with Gasteiger partial charge in [-0.25, -0.2) is 0 Å². The van der Waals surface area contributed by atoms with E-state index in [1.54, 1.807) is 11.0 Å². The van der Waals surface area contributed by atoms with Gasteiger partial charge in [-0.2, -0.15) is 10.4 Å². The van der Waals surface area contributed by atoms with Crippen molar-refractivity contribution in [2.45, 2.75) is 38.1 Å². The normalized spacial score (nSPS) is 22.6. The molecule has 1 saturated carbocycles. The lowest BCUT2D eigenvalue weighted by atomic mass is 9.69. The van der Waals surface area contributed by atoms with Gasteiger partial charge in [-0.15, -0.1) is 0 Å². The zero-order valence-electron chi connectivity index (χ0n) is 18.3. The highest BCUT2D eigenvalue weighted by Crippen LogP contribution is 2.44. The van der Waals surface area contributed by atoms with Crippen molar-refractivity contribution in [2.24, 2.45) is 11.7 Å². The number of carbonyl (C=O) groups excluding carboxylic acids is 1. The zero-order valence-corrected chi connectivity index (χ0v) is 18.3. The highest BCUT2D eigenvalue weighted by molar-refractivity contribution is 5.94. The molecule has 1 aromatic carbocycles. The number of para-hydroxylation sites is 1. The second-order valence-corrected chi connectivity index (χ2v) is 8.47. The minimum atomic E-state index is -0.320. The largest absolute Gasteiger partial charge is 0.404 e. The summed E-state index contributed by atoms with van der Waals surface area (Å²) in [7, 11) is 0. The monoisotopic (exact) mass is 431 g/mol. The first-order valence-electron chi connectivity index (χ1n) is 11.1. The number of aromatic amines is 1. The van der Waals surface area contributed by atoms with Crippen LogP contribution in [0.4, 0.5) is 5.69 Å². The number of aromatic nitrogens is 2. The molecular formula is C24H29N7O. The number of unbranched alkanes of at least 4 members (excludes halogenated alkanes) is 1. The van der Waals surface area contributed by atoms with E-state index in [9.17, 15) is 10.1 Å². The minimum Gasteiger partial charge on any atom is -0.404 e. The second-order valence-electron chi connectivity index (χ2n) is 8.47. The fourth-order valence-electron chi connectivity index (χ4n) is 4.51. The van der Waals surface area contributed by atoms with Crippen LogP contribution in [0.25, 0.3) is 5.57 Å². The number of hydrogen-bond acceptors (Lipinski definition) is 6. The van der Waals surface area contributed by atoms with E-state index in [2.05, 4.69) is 40.0 Å². The minimum absolute atomic E-state index is 0.233. The van der Waals surface area contributed by atoms with Crippen molar-refractivity contribution >= 4 is 17.2 Å². The number of benzene rings is 1. The first kappa shape index (κ1) is 21.5. The first-order valence-corrected chi connectivity index (χ1v) is 11.1. The number of nitriles is 1. The summed E-state index contributed by atoms with van der Waals surface area (Å²) in [5, 5.41) is 23.0. The van der Waals surface area contributed by atoms with E-state index in [1.165, 1.54) is 6.20 Å². The van der Waals surface area contributed by atoms with E-state index in [4.69, 9.17) is 5.73 Å². The fourth-order valence-corrected chi connectivity index (χ4v) is 4.51. The number of anilines is 1. The van der Waals surface area contributed by atoms with Crippen LogP contribution in [0.5, 0.6) is 0 Å². The van der Waals surface area contributed by atoms with Crippen LogP contribution in [0.2, 0.25) is 0 Å². The molecule has 1 unspecified atom stereocenters. The number of likely N-dealkylation sites (tertiary alicyclic amines) is 1. The number of amides is 1. The molecule has 2 heterocycles. The molecule has 0 bridgehead atoms. The van der Waals surface area contributed by atoms with Crippen molar-refractivity contribution in [1.82, 2.24) is 20.4 Å². The summed E-state index contributed by atoms with van der Waals surface area (Å²) in [6, 6.07) is 11.6. The van der Waals surface area contributed by atoms with Gasteiger partial charge in [-0.05, 0) is 37.5 Å². The molecule has 0 radical (unpaired) electrons.